The molecule has 1 amide bonds. The van der Waals surface area contributed by atoms with Crippen molar-refractivity contribution < 1.29 is 33.3 Å². The van der Waals surface area contributed by atoms with Crippen molar-refractivity contribution >= 4 is 17.7 Å². The fourth-order valence-electron chi connectivity index (χ4n) is 5.75. The number of amides is 1. The zero-order valence-corrected chi connectivity index (χ0v) is 26.0. The molecule has 0 N–H and O–H groups in total. The molecule has 0 unspecified atom stereocenters. The summed E-state index contributed by atoms with van der Waals surface area (Å²) in [5.74, 6) is -1.07. The molecule has 8 heteroatoms. The molecule has 44 heavy (non-hydrogen) atoms. The van der Waals surface area contributed by atoms with E-state index in [0.717, 1.165) is 44.9 Å². The van der Waals surface area contributed by atoms with Gasteiger partial charge in [0.25, 0.3) is 11.7 Å². The molecule has 4 rings (SSSR count). The number of ketones is 1. The van der Waals surface area contributed by atoms with E-state index in [1.165, 1.54) is 49.5 Å². The Morgan fingerprint density at radius 3 is 1.82 bits per heavy atom. The van der Waals surface area contributed by atoms with Gasteiger partial charge in [-0.15, -0.1) is 0 Å². The van der Waals surface area contributed by atoms with Crippen LogP contribution in [0.3, 0.4) is 0 Å². The second-order valence-corrected chi connectivity index (χ2v) is 11.1. The van der Waals surface area contributed by atoms with Crippen LogP contribution < -0.4 is 14.2 Å². The van der Waals surface area contributed by atoms with Gasteiger partial charge in [0.2, 0.25) is 5.75 Å². The van der Waals surface area contributed by atoms with Gasteiger partial charge in [0.1, 0.15) is 12.1 Å². The van der Waals surface area contributed by atoms with Crippen LogP contribution in [-0.4, -0.2) is 62.6 Å². The van der Waals surface area contributed by atoms with E-state index >= 15 is 0 Å². The number of methoxy groups -OCH3 is 3. The Labute approximate surface area is 260 Å². The Morgan fingerprint density at radius 1 is 0.773 bits per heavy atom. The van der Waals surface area contributed by atoms with Crippen molar-refractivity contribution in [2.45, 2.75) is 69.9 Å². The van der Waals surface area contributed by atoms with Gasteiger partial charge in [0.15, 0.2) is 11.5 Å². The maximum atomic E-state index is 13.6. The van der Waals surface area contributed by atoms with Crippen molar-refractivity contribution in [1.29, 1.82) is 0 Å². The van der Waals surface area contributed by atoms with Crippen molar-refractivity contribution in [2.75, 3.05) is 27.9 Å². The summed E-state index contributed by atoms with van der Waals surface area (Å²) in [6.07, 6.45) is 6.63. The Balaban J connectivity index is 1.45. The van der Waals surface area contributed by atoms with Gasteiger partial charge in [-0.05, 0) is 81.0 Å². The van der Waals surface area contributed by atoms with Gasteiger partial charge in [-0.1, -0.05) is 60.7 Å². The second-order valence-electron chi connectivity index (χ2n) is 11.1. The molecule has 1 atom stereocenters. The highest BCUT2D eigenvalue weighted by molar-refractivity contribution is 6.43. The normalized spacial score (nSPS) is 14.6. The summed E-state index contributed by atoms with van der Waals surface area (Å²) in [5, 5.41) is 0. The fourth-order valence-corrected chi connectivity index (χ4v) is 5.75. The van der Waals surface area contributed by atoms with Gasteiger partial charge in [0.05, 0.1) is 21.3 Å². The Hall–Kier alpha value is -4.33. The maximum Gasteiger partial charge on any atom is 0.329 e. The van der Waals surface area contributed by atoms with E-state index in [1.807, 2.05) is 36.4 Å². The number of hydrogen-bond acceptors (Lipinski definition) is 7. The average Bonchev–Trinajstić information content (AvgIpc) is 3.07. The number of Topliss-reactive ketones (excluding diaryl/α,β-unsaturated/α-hetero) is 1. The van der Waals surface area contributed by atoms with E-state index in [1.54, 1.807) is 0 Å². The molecule has 8 nitrogen and oxygen atoms in total. The lowest BCUT2D eigenvalue weighted by atomic mass is 9.99. The molecule has 0 saturated carbocycles. The van der Waals surface area contributed by atoms with Crippen LogP contribution in [0.25, 0.3) is 0 Å². The number of esters is 1. The Kier molecular flexibility index (Phi) is 12.2. The monoisotopic (exact) mass is 601 g/mol. The van der Waals surface area contributed by atoms with E-state index in [-0.39, 0.29) is 23.2 Å². The van der Waals surface area contributed by atoms with Crippen LogP contribution in [-0.2, 0) is 27.2 Å². The van der Waals surface area contributed by atoms with Crippen molar-refractivity contribution in [3.05, 3.63) is 89.5 Å². The summed E-state index contributed by atoms with van der Waals surface area (Å²) in [4.78, 5) is 42.0. The molecule has 1 heterocycles. The van der Waals surface area contributed by atoms with Gasteiger partial charge in [-0.2, -0.15) is 0 Å². The topological polar surface area (TPSA) is 91.4 Å². The molecular formula is C36H43NO7. The molecule has 1 saturated heterocycles. The number of piperidine rings is 1. The van der Waals surface area contributed by atoms with E-state index in [9.17, 15) is 14.4 Å². The molecule has 0 bridgehead atoms. The summed E-state index contributed by atoms with van der Waals surface area (Å²) < 4.78 is 22.2. The zero-order valence-electron chi connectivity index (χ0n) is 26.0. The van der Waals surface area contributed by atoms with Crippen LogP contribution >= 0.6 is 0 Å². The zero-order chi connectivity index (χ0) is 31.3. The largest absolute Gasteiger partial charge is 0.493 e. The van der Waals surface area contributed by atoms with E-state index in [4.69, 9.17) is 18.9 Å². The van der Waals surface area contributed by atoms with Gasteiger partial charge < -0.3 is 23.8 Å². The summed E-state index contributed by atoms with van der Waals surface area (Å²) in [7, 11) is 4.36. The highest BCUT2D eigenvalue weighted by atomic mass is 16.5. The maximum absolute atomic E-state index is 13.6. The van der Waals surface area contributed by atoms with Crippen molar-refractivity contribution in [2.24, 2.45) is 0 Å². The fraction of sp³-hybridized carbons (Fsp3) is 0.417. The van der Waals surface area contributed by atoms with Crippen molar-refractivity contribution in [3.63, 3.8) is 0 Å². The SMILES string of the molecule is COc1cc(C(=O)C(=O)N2CCCC[C@H]2C(=O)OC(CCCc2ccccc2)CCCc2ccccc2)cc(OC)c1OC. The molecule has 234 valence electrons. The van der Waals surface area contributed by atoms with Crippen LogP contribution in [0.2, 0.25) is 0 Å². The van der Waals surface area contributed by atoms with Crippen LogP contribution in [0.1, 0.15) is 66.4 Å². The second kappa shape index (κ2) is 16.5. The minimum atomic E-state index is -0.812. The van der Waals surface area contributed by atoms with Crippen molar-refractivity contribution in [3.8, 4) is 17.2 Å². The first-order chi connectivity index (χ1) is 21.4. The third-order valence-corrected chi connectivity index (χ3v) is 8.11. The third-order valence-electron chi connectivity index (χ3n) is 8.11. The summed E-state index contributed by atoms with van der Waals surface area (Å²) in [6.45, 7) is 0.307. The van der Waals surface area contributed by atoms with E-state index in [0.29, 0.717) is 25.1 Å². The minimum Gasteiger partial charge on any atom is -0.493 e. The van der Waals surface area contributed by atoms with Crippen LogP contribution in [0.5, 0.6) is 17.2 Å². The summed E-state index contributed by atoms with van der Waals surface area (Å²) in [5.41, 5.74) is 2.59. The number of rotatable bonds is 15. The minimum absolute atomic E-state index is 0.0990. The molecule has 3 aromatic rings. The number of likely N-dealkylation sites (tertiary alicyclic amines) is 1. The van der Waals surface area contributed by atoms with E-state index < -0.39 is 23.7 Å². The predicted molar refractivity (Wildman–Crippen MR) is 168 cm³/mol. The molecule has 3 aromatic carbocycles. The first kappa shape index (κ1) is 32.6. The van der Waals surface area contributed by atoms with Crippen LogP contribution in [0, 0.1) is 0 Å². The molecule has 0 radical (unpaired) electrons. The first-order valence-electron chi connectivity index (χ1n) is 15.4. The van der Waals surface area contributed by atoms with Gasteiger partial charge in [0, 0.05) is 12.1 Å². The average molecular weight is 602 g/mol. The Morgan fingerprint density at radius 2 is 1.32 bits per heavy atom. The number of aryl methyl sites for hydroxylation is 2. The summed E-state index contributed by atoms with van der Waals surface area (Å²) in [6, 6.07) is 22.6. The molecule has 0 spiro atoms. The van der Waals surface area contributed by atoms with Crippen molar-refractivity contribution in [1.82, 2.24) is 4.90 Å². The number of benzene rings is 3. The lowest BCUT2D eigenvalue weighted by molar-refractivity contribution is -0.161. The quantitative estimate of drug-likeness (QED) is 0.116. The standard InChI is InChI=1S/C36H43NO7/c1-41-31-24-28(25-32(42-2)34(31)43-3)33(38)35(39)37-23-11-10-22-30(37)36(40)44-29(20-12-18-26-14-6-4-7-15-26)21-13-19-27-16-8-5-9-17-27/h4-9,14-17,24-25,29-30H,10-13,18-23H2,1-3H3/t30-/m0/s1. The number of carbonyl (C=O) groups excluding carboxylic acids is 3. The third kappa shape index (κ3) is 8.62. The first-order valence-corrected chi connectivity index (χ1v) is 15.4. The molecule has 1 fully saturated rings. The van der Waals surface area contributed by atoms with E-state index in [2.05, 4.69) is 24.3 Å². The number of ether oxygens (including phenoxy) is 4. The highest BCUT2D eigenvalue weighted by Crippen LogP contribution is 2.38. The lowest BCUT2D eigenvalue weighted by Gasteiger charge is -2.34. The van der Waals surface area contributed by atoms with Gasteiger partial charge >= 0.3 is 5.97 Å². The van der Waals surface area contributed by atoms with Crippen LogP contribution in [0.15, 0.2) is 72.8 Å². The van der Waals surface area contributed by atoms with Gasteiger partial charge in [-0.25, -0.2) is 4.79 Å². The smallest absolute Gasteiger partial charge is 0.329 e. The molecule has 1 aliphatic rings. The number of hydrogen-bond donors (Lipinski definition) is 0. The molecular weight excluding hydrogens is 558 g/mol. The van der Waals surface area contributed by atoms with Crippen LogP contribution in [0.4, 0.5) is 0 Å². The lowest BCUT2D eigenvalue weighted by Crippen LogP contribution is -2.51. The highest BCUT2D eigenvalue weighted by Gasteiger charge is 2.37. The number of carbonyl (C=O) groups is 3. The predicted octanol–water partition coefficient (Wildman–Crippen LogP) is 6.23. The molecule has 0 aromatic heterocycles. The number of nitrogens with zero attached hydrogens (tertiary/aromatic N) is 1. The molecule has 0 aliphatic carbocycles. The summed E-state index contributed by atoms with van der Waals surface area (Å²) >= 11 is 0. The molecule has 1 aliphatic heterocycles. The Bertz CT molecular complexity index is 1310. The van der Waals surface area contributed by atoms with Gasteiger partial charge in [-0.3, -0.25) is 9.59 Å².